The summed E-state index contributed by atoms with van der Waals surface area (Å²) in [7, 11) is 0. The molecule has 1 aromatic carbocycles. The molecule has 2 fully saturated rings. The van der Waals surface area contributed by atoms with Crippen molar-refractivity contribution in [3.05, 3.63) is 52.1 Å². The molecule has 0 radical (unpaired) electrons. The van der Waals surface area contributed by atoms with E-state index < -0.39 is 0 Å². The number of anilines is 1. The van der Waals surface area contributed by atoms with Crippen molar-refractivity contribution in [3.63, 3.8) is 0 Å². The van der Waals surface area contributed by atoms with Gasteiger partial charge in [0.1, 0.15) is 5.76 Å². The smallest absolute Gasteiger partial charge is 0.264 e. The number of amidine groups is 1. The monoisotopic (exact) mass is 381 g/mol. The van der Waals surface area contributed by atoms with Crippen LogP contribution in [0.3, 0.4) is 0 Å². The molecule has 5 nitrogen and oxygen atoms in total. The van der Waals surface area contributed by atoms with Crippen LogP contribution in [0.4, 0.5) is 11.6 Å². The van der Waals surface area contributed by atoms with Crippen molar-refractivity contribution in [2.24, 2.45) is 4.99 Å². The van der Waals surface area contributed by atoms with Gasteiger partial charge in [0, 0.05) is 25.2 Å². The third-order valence-electron chi connectivity index (χ3n) is 4.93. The molecule has 0 spiro atoms. The molecule has 6 heteroatoms. The summed E-state index contributed by atoms with van der Waals surface area (Å²) >= 11 is 1.34. The lowest BCUT2D eigenvalue weighted by atomic mass is 10.1. The highest BCUT2D eigenvalue weighted by Gasteiger charge is 2.24. The van der Waals surface area contributed by atoms with Gasteiger partial charge in [-0.15, -0.1) is 0 Å². The van der Waals surface area contributed by atoms with E-state index in [9.17, 15) is 4.79 Å². The van der Waals surface area contributed by atoms with Crippen molar-refractivity contribution in [3.8, 4) is 0 Å². The van der Waals surface area contributed by atoms with E-state index in [1.54, 1.807) is 6.08 Å². The molecule has 0 bridgehead atoms. The van der Waals surface area contributed by atoms with E-state index >= 15 is 0 Å². The fraction of sp³-hybridized carbons (Fsp3) is 0.333. The third kappa shape index (κ3) is 4.11. The first-order valence-corrected chi connectivity index (χ1v) is 10.1. The van der Waals surface area contributed by atoms with Gasteiger partial charge in [-0.05, 0) is 74.2 Å². The second kappa shape index (κ2) is 7.64. The Hall–Kier alpha value is -2.47. The van der Waals surface area contributed by atoms with Gasteiger partial charge in [0.25, 0.3) is 5.91 Å². The molecule has 27 heavy (non-hydrogen) atoms. The molecule has 140 valence electrons. The molecule has 0 atom stereocenters. The predicted molar refractivity (Wildman–Crippen MR) is 111 cm³/mol. The zero-order valence-corrected chi connectivity index (χ0v) is 16.4. The summed E-state index contributed by atoms with van der Waals surface area (Å²) in [4.78, 5) is 19.7. The fourth-order valence-corrected chi connectivity index (χ4v) is 4.05. The molecule has 2 saturated heterocycles. The highest BCUT2D eigenvalue weighted by atomic mass is 32.2. The Morgan fingerprint density at radius 2 is 1.93 bits per heavy atom. The van der Waals surface area contributed by atoms with Gasteiger partial charge in [-0.2, -0.15) is 0 Å². The summed E-state index contributed by atoms with van der Waals surface area (Å²) < 4.78 is 5.93. The molecular formula is C21H23N3O2S. The first-order valence-electron chi connectivity index (χ1n) is 9.30. The number of hydrogen-bond acceptors (Lipinski definition) is 5. The number of aryl methyl sites for hydroxylation is 2. The molecule has 1 aromatic heterocycles. The molecular weight excluding hydrogens is 358 g/mol. The lowest BCUT2D eigenvalue weighted by Gasteiger charge is -2.25. The number of carbonyl (C=O) groups is 1. The van der Waals surface area contributed by atoms with Gasteiger partial charge in [0.05, 0.1) is 10.6 Å². The number of piperidine rings is 1. The van der Waals surface area contributed by atoms with E-state index in [-0.39, 0.29) is 5.91 Å². The average molecular weight is 382 g/mol. The van der Waals surface area contributed by atoms with Crippen LogP contribution in [-0.2, 0) is 4.79 Å². The van der Waals surface area contributed by atoms with E-state index in [2.05, 4.69) is 29.1 Å². The van der Waals surface area contributed by atoms with Crippen molar-refractivity contribution in [2.45, 2.75) is 33.1 Å². The SMILES string of the molecule is Cc1ccc(N=C2NC(=O)/C(=C\c3ccc(N4CCCCC4)o3)S2)cc1C. The normalized spacial score (nSPS) is 20.5. The highest BCUT2D eigenvalue weighted by molar-refractivity contribution is 8.18. The Labute approximate surface area is 163 Å². The van der Waals surface area contributed by atoms with Crippen LogP contribution in [0.5, 0.6) is 0 Å². The number of hydrogen-bond donors (Lipinski definition) is 1. The summed E-state index contributed by atoms with van der Waals surface area (Å²) in [5.41, 5.74) is 3.25. The van der Waals surface area contributed by atoms with Crippen LogP contribution in [0.25, 0.3) is 6.08 Å². The quantitative estimate of drug-likeness (QED) is 0.778. The Morgan fingerprint density at radius 1 is 1.11 bits per heavy atom. The minimum atomic E-state index is -0.140. The maximum atomic E-state index is 12.3. The first kappa shape index (κ1) is 17.9. The molecule has 0 saturated carbocycles. The summed E-state index contributed by atoms with van der Waals surface area (Å²) in [6.45, 7) is 6.19. The van der Waals surface area contributed by atoms with Crippen molar-refractivity contribution in [1.29, 1.82) is 0 Å². The second-order valence-corrected chi connectivity index (χ2v) is 8.00. The molecule has 1 N–H and O–H groups in total. The largest absolute Gasteiger partial charge is 0.441 e. The number of nitrogens with one attached hydrogen (secondary N) is 1. The van der Waals surface area contributed by atoms with E-state index in [1.165, 1.54) is 42.2 Å². The average Bonchev–Trinajstić information content (AvgIpc) is 3.26. The third-order valence-corrected chi connectivity index (χ3v) is 5.84. The number of furan rings is 1. The lowest BCUT2D eigenvalue weighted by molar-refractivity contribution is -0.115. The highest BCUT2D eigenvalue weighted by Crippen LogP contribution is 2.30. The zero-order valence-electron chi connectivity index (χ0n) is 15.6. The number of amides is 1. The zero-order chi connectivity index (χ0) is 18.8. The molecule has 3 heterocycles. The first-order chi connectivity index (χ1) is 13.1. The molecule has 0 aliphatic carbocycles. The number of rotatable bonds is 3. The molecule has 4 rings (SSSR count). The van der Waals surface area contributed by atoms with E-state index in [4.69, 9.17) is 4.42 Å². The molecule has 1 amide bonds. The summed E-state index contributed by atoms with van der Waals surface area (Å²) in [5, 5.41) is 3.43. The van der Waals surface area contributed by atoms with Crippen molar-refractivity contribution in [1.82, 2.24) is 5.32 Å². The summed E-state index contributed by atoms with van der Waals surface area (Å²) in [5.74, 6) is 1.44. The van der Waals surface area contributed by atoms with E-state index in [1.807, 2.05) is 30.3 Å². The van der Waals surface area contributed by atoms with Gasteiger partial charge in [-0.25, -0.2) is 4.99 Å². The van der Waals surface area contributed by atoms with Gasteiger partial charge >= 0.3 is 0 Å². The summed E-state index contributed by atoms with van der Waals surface area (Å²) in [6.07, 6.45) is 5.48. The summed E-state index contributed by atoms with van der Waals surface area (Å²) in [6, 6.07) is 9.93. The van der Waals surface area contributed by atoms with Crippen LogP contribution < -0.4 is 10.2 Å². The van der Waals surface area contributed by atoms with Crippen LogP contribution in [-0.4, -0.2) is 24.2 Å². The van der Waals surface area contributed by atoms with Crippen LogP contribution in [0, 0.1) is 13.8 Å². The maximum absolute atomic E-state index is 12.3. The number of nitrogens with zero attached hydrogens (tertiary/aromatic N) is 2. The predicted octanol–water partition coefficient (Wildman–Crippen LogP) is 4.78. The number of aliphatic imine (C=N–C) groups is 1. The van der Waals surface area contributed by atoms with Crippen LogP contribution >= 0.6 is 11.8 Å². The van der Waals surface area contributed by atoms with Gasteiger partial charge < -0.3 is 14.6 Å². The van der Waals surface area contributed by atoms with Crippen molar-refractivity contribution in [2.75, 3.05) is 18.0 Å². The Morgan fingerprint density at radius 3 is 2.70 bits per heavy atom. The van der Waals surface area contributed by atoms with Gasteiger partial charge in [0.2, 0.25) is 0 Å². The van der Waals surface area contributed by atoms with Crippen LogP contribution in [0.2, 0.25) is 0 Å². The van der Waals surface area contributed by atoms with Crippen LogP contribution in [0.1, 0.15) is 36.1 Å². The molecule has 2 aliphatic rings. The molecule has 2 aromatic rings. The van der Waals surface area contributed by atoms with Crippen molar-refractivity contribution >= 4 is 40.5 Å². The fourth-order valence-electron chi connectivity index (χ4n) is 3.23. The topological polar surface area (TPSA) is 57.8 Å². The van der Waals surface area contributed by atoms with Gasteiger partial charge in [0.15, 0.2) is 11.1 Å². The second-order valence-electron chi connectivity index (χ2n) is 6.97. The number of carbonyl (C=O) groups excluding carboxylic acids is 1. The van der Waals surface area contributed by atoms with Gasteiger partial charge in [-0.3, -0.25) is 4.79 Å². The van der Waals surface area contributed by atoms with Gasteiger partial charge in [-0.1, -0.05) is 6.07 Å². The minimum Gasteiger partial charge on any atom is -0.441 e. The van der Waals surface area contributed by atoms with E-state index in [0.29, 0.717) is 15.8 Å². The Balaban J connectivity index is 1.49. The van der Waals surface area contributed by atoms with E-state index in [0.717, 1.165) is 24.7 Å². The Bertz CT molecular complexity index is 923. The standard InChI is InChI=1S/C21H23N3O2S/c1-14-6-7-16(12-15(14)2)22-21-23-20(25)18(27-21)13-17-8-9-19(26-17)24-10-4-3-5-11-24/h6-9,12-13H,3-5,10-11H2,1-2H3,(H,22,23,25)/b18-13+. The number of benzene rings is 1. The lowest BCUT2D eigenvalue weighted by Crippen LogP contribution is -2.28. The Kier molecular flexibility index (Phi) is 5.07. The molecule has 2 aliphatic heterocycles. The van der Waals surface area contributed by atoms with Crippen LogP contribution in [0.15, 0.2) is 44.6 Å². The minimum absolute atomic E-state index is 0.140. The number of thioether (sulfide) groups is 1. The molecule has 0 unspecified atom stereocenters. The maximum Gasteiger partial charge on any atom is 0.264 e. The van der Waals surface area contributed by atoms with Crippen molar-refractivity contribution < 1.29 is 9.21 Å².